The van der Waals surface area contributed by atoms with Crippen LogP contribution in [-0.2, 0) is 9.53 Å². The summed E-state index contributed by atoms with van der Waals surface area (Å²) in [5, 5.41) is 3.17. The summed E-state index contributed by atoms with van der Waals surface area (Å²) in [6.07, 6.45) is 0. The molecule has 1 saturated heterocycles. The Morgan fingerprint density at radius 2 is 2.47 bits per heavy atom. The van der Waals surface area contributed by atoms with Gasteiger partial charge < -0.3 is 15.8 Å². The van der Waals surface area contributed by atoms with Crippen molar-refractivity contribution in [3.8, 4) is 0 Å². The summed E-state index contributed by atoms with van der Waals surface area (Å²) in [7, 11) is 0. The molecule has 0 bridgehead atoms. The first-order valence-electron chi connectivity index (χ1n) is 5.50. The molecule has 1 aliphatic heterocycles. The van der Waals surface area contributed by atoms with Gasteiger partial charge in [0, 0.05) is 32.3 Å². The average Bonchev–Trinajstić information content (AvgIpc) is 2.25. The topological polar surface area (TPSA) is 67.6 Å². The SMILES string of the molecule is CCOCC(C)N1CCNCC1C(N)=O. The fourth-order valence-corrected chi connectivity index (χ4v) is 1.90. The number of carbonyl (C=O) groups is 1. The van der Waals surface area contributed by atoms with E-state index in [-0.39, 0.29) is 18.0 Å². The number of nitrogens with two attached hydrogens (primary N) is 1. The van der Waals surface area contributed by atoms with Crippen LogP contribution in [0.3, 0.4) is 0 Å². The van der Waals surface area contributed by atoms with E-state index in [1.807, 2.05) is 6.92 Å². The average molecular weight is 215 g/mol. The first kappa shape index (κ1) is 12.4. The molecule has 15 heavy (non-hydrogen) atoms. The lowest BCUT2D eigenvalue weighted by molar-refractivity contribution is -0.125. The Morgan fingerprint density at radius 1 is 1.73 bits per heavy atom. The first-order valence-corrected chi connectivity index (χ1v) is 5.50. The van der Waals surface area contributed by atoms with Crippen LogP contribution in [0.1, 0.15) is 13.8 Å². The Labute approximate surface area is 90.9 Å². The summed E-state index contributed by atoms with van der Waals surface area (Å²) in [4.78, 5) is 13.4. The highest BCUT2D eigenvalue weighted by atomic mass is 16.5. The molecule has 0 aromatic rings. The maximum atomic E-state index is 11.2. The highest BCUT2D eigenvalue weighted by Gasteiger charge is 2.29. The van der Waals surface area contributed by atoms with Gasteiger partial charge in [0.05, 0.1) is 6.61 Å². The van der Waals surface area contributed by atoms with E-state index in [4.69, 9.17) is 10.5 Å². The van der Waals surface area contributed by atoms with Crippen molar-refractivity contribution >= 4 is 5.91 Å². The maximum absolute atomic E-state index is 11.2. The number of carbonyl (C=O) groups excluding carboxylic acids is 1. The predicted molar refractivity (Wildman–Crippen MR) is 58.5 cm³/mol. The van der Waals surface area contributed by atoms with Crippen molar-refractivity contribution in [2.24, 2.45) is 5.73 Å². The molecule has 2 atom stereocenters. The molecule has 0 radical (unpaired) electrons. The van der Waals surface area contributed by atoms with Crippen LogP contribution in [0.5, 0.6) is 0 Å². The smallest absolute Gasteiger partial charge is 0.236 e. The van der Waals surface area contributed by atoms with Gasteiger partial charge in [-0.25, -0.2) is 0 Å². The number of ether oxygens (including phenoxy) is 1. The number of amides is 1. The lowest BCUT2D eigenvalue weighted by atomic mass is 10.1. The molecule has 1 amide bonds. The number of rotatable bonds is 5. The molecule has 0 saturated carbocycles. The fourth-order valence-electron chi connectivity index (χ4n) is 1.90. The molecule has 1 fully saturated rings. The van der Waals surface area contributed by atoms with E-state index in [2.05, 4.69) is 17.1 Å². The minimum absolute atomic E-state index is 0.200. The number of nitrogens with zero attached hydrogens (tertiary/aromatic N) is 1. The van der Waals surface area contributed by atoms with E-state index in [0.717, 1.165) is 13.1 Å². The zero-order valence-corrected chi connectivity index (χ0v) is 9.53. The van der Waals surface area contributed by atoms with Crippen LogP contribution in [0, 0.1) is 0 Å². The van der Waals surface area contributed by atoms with Crippen molar-refractivity contribution in [1.82, 2.24) is 10.2 Å². The second kappa shape index (κ2) is 6.05. The van der Waals surface area contributed by atoms with Crippen molar-refractivity contribution in [3.05, 3.63) is 0 Å². The van der Waals surface area contributed by atoms with Gasteiger partial charge in [-0.15, -0.1) is 0 Å². The van der Waals surface area contributed by atoms with E-state index >= 15 is 0 Å². The molecule has 5 nitrogen and oxygen atoms in total. The first-order chi connectivity index (χ1) is 7.16. The third kappa shape index (κ3) is 3.44. The summed E-state index contributed by atoms with van der Waals surface area (Å²) in [5.74, 6) is -0.259. The standard InChI is InChI=1S/C10H21N3O2/c1-3-15-7-8(2)13-5-4-12-6-9(13)10(11)14/h8-9,12H,3-7H2,1-2H3,(H2,11,14). The number of piperazine rings is 1. The molecular weight excluding hydrogens is 194 g/mol. The monoisotopic (exact) mass is 215 g/mol. The molecule has 2 unspecified atom stereocenters. The summed E-state index contributed by atoms with van der Waals surface area (Å²) in [6.45, 7) is 7.79. The summed E-state index contributed by atoms with van der Waals surface area (Å²) in [5.41, 5.74) is 5.36. The third-order valence-corrected chi connectivity index (χ3v) is 2.74. The van der Waals surface area contributed by atoms with E-state index in [1.54, 1.807) is 0 Å². The van der Waals surface area contributed by atoms with E-state index in [9.17, 15) is 4.79 Å². The Bertz CT molecular complexity index is 211. The normalized spacial score (nSPS) is 25.1. The van der Waals surface area contributed by atoms with Crippen LogP contribution in [0.15, 0.2) is 0 Å². The molecule has 1 rings (SSSR count). The Morgan fingerprint density at radius 3 is 3.07 bits per heavy atom. The van der Waals surface area contributed by atoms with E-state index in [0.29, 0.717) is 19.8 Å². The highest BCUT2D eigenvalue weighted by Crippen LogP contribution is 2.08. The van der Waals surface area contributed by atoms with Crippen LogP contribution in [0.25, 0.3) is 0 Å². The maximum Gasteiger partial charge on any atom is 0.236 e. The van der Waals surface area contributed by atoms with Crippen molar-refractivity contribution < 1.29 is 9.53 Å². The molecule has 0 aromatic carbocycles. The van der Waals surface area contributed by atoms with Crippen molar-refractivity contribution in [2.45, 2.75) is 25.9 Å². The molecule has 1 aliphatic rings. The second-order valence-electron chi connectivity index (χ2n) is 3.87. The van der Waals surface area contributed by atoms with Gasteiger partial charge in [-0.2, -0.15) is 0 Å². The van der Waals surface area contributed by atoms with E-state index in [1.165, 1.54) is 0 Å². The minimum Gasteiger partial charge on any atom is -0.380 e. The van der Waals surface area contributed by atoms with Crippen LogP contribution in [0.4, 0.5) is 0 Å². The van der Waals surface area contributed by atoms with Crippen molar-refractivity contribution in [1.29, 1.82) is 0 Å². The highest BCUT2D eigenvalue weighted by molar-refractivity contribution is 5.80. The summed E-state index contributed by atoms with van der Waals surface area (Å²) >= 11 is 0. The zero-order chi connectivity index (χ0) is 11.3. The summed E-state index contributed by atoms with van der Waals surface area (Å²) < 4.78 is 5.36. The number of primary amides is 1. The number of nitrogens with one attached hydrogen (secondary N) is 1. The molecule has 0 spiro atoms. The Kier molecular flexibility index (Phi) is 5.01. The van der Waals surface area contributed by atoms with E-state index < -0.39 is 0 Å². The molecular formula is C10H21N3O2. The number of hydrogen-bond donors (Lipinski definition) is 2. The lowest BCUT2D eigenvalue weighted by Gasteiger charge is -2.38. The molecule has 5 heteroatoms. The lowest BCUT2D eigenvalue weighted by Crippen LogP contribution is -2.60. The van der Waals surface area contributed by atoms with Gasteiger partial charge in [-0.3, -0.25) is 9.69 Å². The zero-order valence-electron chi connectivity index (χ0n) is 9.53. The fraction of sp³-hybridized carbons (Fsp3) is 0.900. The van der Waals surface area contributed by atoms with Crippen molar-refractivity contribution in [2.75, 3.05) is 32.8 Å². The van der Waals surface area contributed by atoms with Crippen LogP contribution in [-0.4, -0.2) is 55.7 Å². The molecule has 0 aromatic heterocycles. The van der Waals surface area contributed by atoms with Crippen molar-refractivity contribution in [3.63, 3.8) is 0 Å². The van der Waals surface area contributed by atoms with Gasteiger partial charge in [-0.05, 0) is 13.8 Å². The minimum atomic E-state index is -0.259. The van der Waals surface area contributed by atoms with Gasteiger partial charge in [0.15, 0.2) is 0 Å². The van der Waals surface area contributed by atoms with Crippen LogP contribution < -0.4 is 11.1 Å². The molecule has 0 aliphatic carbocycles. The van der Waals surface area contributed by atoms with Gasteiger partial charge in [-0.1, -0.05) is 0 Å². The molecule has 88 valence electrons. The third-order valence-electron chi connectivity index (χ3n) is 2.74. The van der Waals surface area contributed by atoms with Crippen LogP contribution in [0.2, 0.25) is 0 Å². The number of hydrogen-bond acceptors (Lipinski definition) is 4. The Balaban J connectivity index is 2.51. The molecule has 3 N–H and O–H groups in total. The second-order valence-corrected chi connectivity index (χ2v) is 3.87. The van der Waals surface area contributed by atoms with Gasteiger partial charge in [0.25, 0.3) is 0 Å². The van der Waals surface area contributed by atoms with Gasteiger partial charge in [0.1, 0.15) is 6.04 Å². The largest absolute Gasteiger partial charge is 0.380 e. The van der Waals surface area contributed by atoms with Crippen LogP contribution >= 0.6 is 0 Å². The van der Waals surface area contributed by atoms with Gasteiger partial charge >= 0.3 is 0 Å². The van der Waals surface area contributed by atoms with Gasteiger partial charge in [0.2, 0.25) is 5.91 Å². The predicted octanol–water partition coefficient (Wildman–Crippen LogP) is -0.829. The quantitative estimate of drug-likeness (QED) is 0.628. The summed E-state index contributed by atoms with van der Waals surface area (Å²) in [6, 6.07) is 0.0405. The molecule has 1 heterocycles. The Hall–Kier alpha value is -0.650.